The van der Waals surface area contributed by atoms with Gasteiger partial charge < -0.3 is 19.3 Å². The van der Waals surface area contributed by atoms with Crippen LogP contribution in [0.2, 0.25) is 0 Å². The number of hydrogen-bond donors (Lipinski definition) is 0. The molecule has 0 unspecified atom stereocenters. The van der Waals surface area contributed by atoms with Crippen LogP contribution in [0.25, 0.3) is 0 Å². The predicted octanol–water partition coefficient (Wildman–Crippen LogP) is 3.86. The van der Waals surface area contributed by atoms with Crippen LogP contribution >= 0.6 is 11.3 Å². The van der Waals surface area contributed by atoms with Gasteiger partial charge in [0.2, 0.25) is 0 Å². The van der Waals surface area contributed by atoms with E-state index in [-0.39, 0.29) is 12.0 Å². The SMILES string of the molecule is CCOC(=O)N1CCN(C(=O)c2cc(COc3ccc(C)c(C)c3)cs2)CC1. The number of ether oxygens (including phenoxy) is 2. The first-order chi connectivity index (χ1) is 13.5. The number of aryl methyl sites for hydroxylation is 2. The van der Waals surface area contributed by atoms with Crippen LogP contribution in [-0.4, -0.2) is 54.6 Å². The molecule has 1 aliphatic heterocycles. The number of hydrogen-bond acceptors (Lipinski definition) is 5. The molecule has 1 fully saturated rings. The minimum atomic E-state index is -0.309. The second-order valence-electron chi connectivity index (χ2n) is 6.83. The van der Waals surface area contributed by atoms with Gasteiger partial charge in [-0.05, 0) is 55.5 Å². The van der Waals surface area contributed by atoms with Crippen LogP contribution < -0.4 is 4.74 Å². The van der Waals surface area contributed by atoms with Crippen LogP contribution in [0.4, 0.5) is 4.79 Å². The van der Waals surface area contributed by atoms with Crippen molar-refractivity contribution in [1.82, 2.24) is 9.80 Å². The Kier molecular flexibility index (Phi) is 6.57. The Morgan fingerprint density at radius 1 is 1.04 bits per heavy atom. The van der Waals surface area contributed by atoms with E-state index in [1.54, 1.807) is 16.7 Å². The number of piperazine rings is 1. The monoisotopic (exact) mass is 402 g/mol. The molecule has 2 heterocycles. The molecular formula is C21H26N2O4S. The highest BCUT2D eigenvalue weighted by Gasteiger charge is 2.26. The molecule has 0 spiro atoms. The molecule has 6 nitrogen and oxygen atoms in total. The maximum atomic E-state index is 12.7. The normalized spacial score (nSPS) is 14.1. The quantitative estimate of drug-likeness (QED) is 0.762. The Hall–Kier alpha value is -2.54. The number of rotatable bonds is 5. The average Bonchev–Trinajstić information content (AvgIpc) is 3.18. The molecule has 0 atom stereocenters. The molecule has 0 N–H and O–H groups in total. The molecular weight excluding hydrogens is 376 g/mol. The fourth-order valence-corrected chi connectivity index (χ4v) is 3.86. The van der Waals surface area contributed by atoms with Gasteiger partial charge in [0.25, 0.3) is 5.91 Å². The fraction of sp³-hybridized carbons (Fsp3) is 0.429. The summed E-state index contributed by atoms with van der Waals surface area (Å²) in [6.07, 6.45) is -0.309. The molecule has 1 saturated heterocycles. The van der Waals surface area contributed by atoms with Crippen LogP contribution in [0.1, 0.15) is 33.3 Å². The first kappa shape index (κ1) is 20.2. The molecule has 0 aliphatic carbocycles. The number of benzene rings is 1. The van der Waals surface area contributed by atoms with E-state index in [1.165, 1.54) is 22.5 Å². The molecule has 3 rings (SSSR count). The van der Waals surface area contributed by atoms with Gasteiger partial charge in [-0.25, -0.2) is 4.79 Å². The molecule has 7 heteroatoms. The third kappa shape index (κ3) is 4.84. The lowest BCUT2D eigenvalue weighted by molar-refractivity contribution is 0.0574. The van der Waals surface area contributed by atoms with Crippen molar-refractivity contribution >= 4 is 23.3 Å². The maximum absolute atomic E-state index is 12.7. The molecule has 150 valence electrons. The van der Waals surface area contributed by atoms with Gasteiger partial charge in [-0.3, -0.25) is 4.79 Å². The molecule has 0 radical (unpaired) electrons. The van der Waals surface area contributed by atoms with Gasteiger partial charge in [0.05, 0.1) is 11.5 Å². The largest absolute Gasteiger partial charge is 0.489 e. The fourth-order valence-electron chi connectivity index (χ4n) is 3.00. The average molecular weight is 403 g/mol. The molecule has 1 aliphatic rings. The van der Waals surface area contributed by atoms with E-state index in [2.05, 4.69) is 13.8 Å². The lowest BCUT2D eigenvalue weighted by atomic mass is 10.1. The van der Waals surface area contributed by atoms with Crippen molar-refractivity contribution in [3.05, 3.63) is 51.2 Å². The molecule has 0 saturated carbocycles. The third-order valence-electron chi connectivity index (χ3n) is 4.84. The minimum Gasteiger partial charge on any atom is -0.489 e. The van der Waals surface area contributed by atoms with Crippen LogP contribution in [0.5, 0.6) is 5.75 Å². The van der Waals surface area contributed by atoms with Crippen LogP contribution in [-0.2, 0) is 11.3 Å². The highest BCUT2D eigenvalue weighted by atomic mass is 32.1. The van der Waals surface area contributed by atoms with E-state index in [0.717, 1.165) is 11.3 Å². The zero-order valence-electron chi connectivity index (χ0n) is 16.6. The molecule has 28 heavy (non-hydrogen) atoms. The Balaban J connectivity index is 1.53. The summed E-state index contributed by atoms with van der Waals surface area (Å²) in [6, 6.07) is 7.93. The number of carbonyl (C=O) groups excluding carboxylic acids is 2. The number of thiophene rings is 1. The number of carbonyl (C=O) groups is 2. The Bertz CT molecular complexity index is 841. The summed E-state index contributed by atoms with van der Waals surface area (Å²) in [4.78, 5) is 28.6. The van der Waals surface area contributed by atoms with E-state index < -0.39 is 0 Å². The number of amides is 2. The van der Waals surface area contributed by atoms with Gasteiger partial charge in [0.15, 0.2) is 0 Å². The maximum Gasteiger partial charge on any atom is 0.409 e. The summed E-state index contributed by atoms with van der Waals surface area (Å²) in [5.74, 6) is 0.836. The topological polar surface area (TPSA) is 59.1 Å². The lowest BCUT2D eigenvalue weighted by Gasteiger charge is -2.33. The van der Waals surface area contributed by atoms with Crippen molar-refractivity contribution in [2.24, 2.45) is 0 Å². The molecule has 1 aromatic carbocycles. The first-order valence-corrected chi connectivity index (χ1v) is 10.3. The van der Waals surface area contributed by atoms with E-state index >= 15 is 0 Å². The summed E-state index contributed by atoms with van der Waals surface area (Å²) in [5, 5.41) is 1.96. The van der Waals surface area contributed by atoms with Crippen LogP contribution in [0.3, 0.4) is 0 Å². The van der Waals surface area contributed by atoms with Gasteiger partial charge in [0.1, 0.15) is 12.4 Å². The van der Waals surface area contributed by atoms with Crippen molar-refractivity contribution in [3.63, 3.8) is 0 Å². The van der Waals surface area contributed by atoms with Gasteiger partial charge in [0, 0.05) is 31.7 Å². The zero-order chi connectivity index (χ0) is 20.1. The smallest absolute Gasteiger partial charge is 0.409 e. The summed E-state index contributed by atoms with van der Waals surface area (Å²) < 4.78 is 10.9. The second-order valence-corrected chi connectivity index (χ2v) is 7.74. The van der Waals surface area contributed by atoms with Crippen molar-refractivity contribution < 1.29 is 19.1 Å². The van der Waals surface area contributed by atoms with E-state index in [1.807, 2.05) is 29.6 Å². The first-order valence-electron chi connectivity index (χ1n) is 9.46. The van der Waals surface area contributed by atoms with E-state index in [9.17, 15) is 9.59 Å². The number of nitrogens with zero attached hydrogens (tertiary/aromatic N) is 2. The third-order valence-corrected chi connectivity index (χ3v) is 5.81. The standard InChI is InChI=1S/C21H26N2O4S/c1-4-26-21(25)23-9-7-22(8-10-23)20(24)19-12-17(14-28-19)13-27-18-6-5-15(2)16(3)11-18/h5-6,11-12,14H,4,7-10,13H2,1-3H3. The van der Waals surface area contributed by atoms with Gasteiger partial charge >= 0.3 is 6.09 Å². The Labute approximate surface area is 169 Å². The zero-order valence-corrected chi connectivity index (χ0v) is 17.4. The Morgan fingerprint density at radius 3 is 2.43 bits per heavy atom. The molecule has 0 bridgehead atoms. The van der Waals surface area contributed by atoms with Crippen molar-refractivity contribution in [2.45, 2.75) is 27.4 Å². The summed E-state index contributed by atoms with van der Waals surface area (Å²) in [7, 11) is 0. The summed E-state index contributed by atoms with van der Waals surface area (Å²) >= 11 is 1.43. The van der Waals surface area contributed by atoms with Crippen molar-refractivity contribution in [1.29, 1.82) is 0 Å². The van der Waals surface area contributed by atoms with Crippen molar-refractivity contribution in [3.8, 4) is 5.75 Å². The second kappa shape index (κ2) is 9.10. The van der Waals surface area contributed by atoms with Gasteiger partial charge in [-0.15, -0.1) is 11.3 Å². The molecule has 1 aromatic heterocycles. The Morgan fingerprint density at radius 2 is 1.75 bits per heavy atom. The van der Waals surface area contributed by atoms with E-state index in [4.69, 9.17) is 9.47 Å². The van der Waals surface area contributed by atoms with E-state index in [0.29, 0.717) is 44.3 Å². The van der Waals surface area contributed by atoms with Gasteiger partial charge in [-0.2, -0.15) is 0 Å². The van der Waals surface area contributed by atoms with Crippen LogP contribution in [0.15, 0.2) is 29.6 Å². The highest BCUT2D eigenvalue weighted by Crippen LogP contribution is 2.21. The summed E-state index contributed by atoms with van der Waals surface area (Å²) in [5.41, 5.74) is 3.41. The highest BCUT2D eigenvalue weighted by molar-refractivity contribution is 7.12. The predicted molar refractivity (Wildman–Crippen MR) is 109 cm³/mol. The van der Waals surface area contributed by atoms with Crippen LogP contribution in [0, 0.1) is 13.8 Å². The molecule has 2 aromatic rings. The van der Waals surface area contributed by atoms with Gasteiger partial charge in [-0.1, -0.05) is 6.07 Å². The van der Waals surface area contributed by atoms with Crippen molar-refractivity contribution in [2.75, 3.05) is 32.8 Å². The minimum absolute atomic E-state index is 0.00550. The summed E-state index contributed by atoms with van der Waals surface area (Å²) in [6.45, 7) is 8.75. The lowest BCUT2D eigenvalue weighted by Crippen LogP contribution is -2.50. The molecule has 2 amide bonds.